The number of hydrogen-bond acceptors (Lipinski definition) is 2. The van der Waals surface area contributed by atoms with Crippen LogP contribution in [-0.2, 0) is 11.4 Å². The summed E-state index contributed by atoms with van der Waals surface area (Å²) in [7, 11) is 0. The zero-order valence-electron chi connectivity index (χ0n) is 9.69. The average molecular weight is 222 g/mol. The van der Waals surface area contributed by atoms with Gasteiger partial charge in [0, 0.05) is 6.54 Å². The van der Waals surface area contributed by atoms with E-state index in [4.69, 9.17) is 4.84 Å². The molecule has 0 saturated carbocycles. The predicted molar refractivity (Wildman–Crippen MR) is 62.6 cm³/mol. The Balaban J connectivity index is 2.13. The third kappa shape index (κ3) is 5.36. The summed E-state index contributed by atoms with van der Waals surface area (Å²) in [5, 5.41) is 2.69. The van der Waals surface area contributed by atoms with Crippen molar-refractivity contribution in [3.05, 3.63) is 35.9 Å². The standard InChI is InChI=1S/C12H18N2O2/c1-10(2)8-13-12(15)14-16-9-11-6-4-3-5-7-11/h3-7,10H,8-9H2,1-2H3,(H2,13,14,15). The van der Waals surface area contributed by atoms with Crippen LogP contribution in [0.15, 0.2) is 30.3 Å². The fourth-order valence-electron chi connectivity index (χ4n) is 1.09. The Morgan fingerprint density at radius 1 is 1.31 bits per heavy atom. The SMILES string of the molecule is CC(C)CNC(=O)NOCc1ccccc1. The average Bonchev–Trinajstić information content (AvgIpc) is 2.28. The highest BCUT2D eigenvalue weighted by Gasteiger charge is 2.00. The lowest BCUT2D eigenvalue weighted by Crippen LogP contribution is -2.37. The Kier molecular flexibility index (Phi) is 5.36. The second-order valence-electron chi connectivity index (χ2n) is 3.98. The molecule has 0 aliphatic heterocycles. The first-order valence-corrected chi connectivity index (χ1v) is 5.38. The third-order valence-corrected chi connectivity index (χ3v) is 1.92. The second-order valence-corrected chi connectivity index (χ2v) is 3.98. The van der Waals surface area contributed by atoms with Crippen LogP contribution in [0.2, 0.25) is 0 Å². The van der Waals surface area contributed by atoms with Crippen LogP contribution in [0.5, 0.6) is 0 Å². The zero-order chi connectivity index (χ0) is 11.8. The Labute approximate surface area is 95.9 Å². The van der Waals surface area contributed by atoms with E-state index >= 15 is 0 Å². The molecule has 0 atom stereocenters. The van der Waals surface area contributed by atoms with Gasteiger partial charge < -0.3 is 5.32 Å². The van der Waals surface area contributed by atoms with Gasteiger partial charge in [0.25, 0.3) is 0 Å². The van der Waals surface area contributed by atoms with E-state index in [9.17, 15) is 4.79 Å². The number of amides is 2. The maximum Gasteiger partial charge on any atom is 0.338 e. The minimum atomic E-state index is -0.301. The molecule has 0 aliphatic carbocycles. The van der Waals surface area contributed by atoms with Gasteiger partial charge in [-0.05, 0) is 11.5 Å². The Bertz CT molecular complexity index is 312. The molecule has 16 heavy (non-hydrogen) atoms. The Hall–Kier alpha value is -1.55. The van der Waals surface area contributed by atoms with Crippen molar-refractivity contribution in [1.82, 2.24) is 10.8 Å². The fraction of sp³-hybridized carbons (Fsp3) is 0.417. The molecular formula is C12H18N2O2. The van der Waals surface area contributed by atoms with Gasteiger partial charge in [-0.3, -0.25) is 4.84 Å². The van der Waals surface area contributed by atoms with Crippen molar-refractivity contribution in [2.45, 2.75) is 20.5 Å². The molecular weight excluding hydrogens is 204 g/mol. The van der Waals surface area contributed by atoms with Crippen molar-refractivity contribution in [1.29, 1.82) is 0 Å². The topological polar surface area (TPSA) is 50.4 Å². The molecule has 0 heterocycles. The third-order valence-electron chi connectivity index (χ3n) is 1.92. The van der Waals surface area contributed by atoms with Crippen molar-refractivity contribution in [2.75, 3.05) is 6.54 Å². The Morgan fingerprint density at radius 3 is 2.62 bits per heavy atom. The number of hydroxylamine groups is 1. The van der Waals surface area contributed by atoms with E-state index in [-0.39, 0.29) is 6.03 Å². The molecule has 88 valence electrons. The first-order valence-electron chi connectivity index (χ1n) is 5.38. The summed E-state index contributed by atoms with van der Waals surface area (Å²) in [4.78, 5) is 16.2. The molecule has 2 amide bonds. The van der Waals surface area contributed by atoms with Gasteiger partial charge in [0.1, 0.15) is 0 Å². The van der Waals surface area contributed by atoms with Crippen LogP contribution >= 0.6 is 0 Å². The predicted octanol–water partition coefficient (Wildman–Crippen LogP) is 2.07. The van der Waals surface area contributed by atoms with Crippen LogP contribution in [0.1, 0.15) is 19.4 Å². The van der Waals surface area contributed by atoms with Gasteiger partial charge >= 0.3 is 6.03 Å². The monoisotopic (exact) mass is 222 g/mol. The number of hydrogen-bond donors (Lipinski definition) is 2. The van der Waals surface area contributed by atoms with Crippen molar-refractivity contribution in [3.8, 4) is 0 Å². The molecule has 0 spiro atoms. The number of nitrogens with one attached hydrogen (secondary N) is 2. The van der Waals surface area contributed by atoms with Crippen LogP contribution < -0.4 is 10.8 Å². The van der Waals surface area contributed by atoms with Gasteiger partial charge in [0.15, 0.2) is 0 Å². The number of urea groups is 1. The zero-order valence-corrected chi connectivity index (χ0v) is 9.69. The second kappa shape index (κ2) is 6.85. The molecule has 4 heteroatoms. The van der Waals surface area contributed by atoms with Crippen molar-refractivity contribution < 1.29 is 9.63 Å². The normalized spacial score (nSPS) is 10.2. The first-order chi connectivity index (χ1) is 7.68. The van der Waals surface area contributed by atoms with E-state index in [1.54, 1.807) is 0 Å². The fourth-order valence-corrected chi connectivity index (χ4v) is 1.09. The van der Waals surface area contributed by atoms with E-state index in [2.05, 4.69) is 10.8 Å². The number of benzene rings is 1. The summed E-state index contributed by atoms with van der Waals surface area (Å²) in [5.74, 6) is 0.430. The molecule has 4 nitrogen and oxygen atoms in total. The lowest BCUT2D eigenvalue weighted by atomic mass is 10.2. The van der Waals surface area contributed by atoms with E-state index in [1.807, 2.05) is 44.2 Å². The molecule has 2 N–H and O–H groups in total. The molecule has 0 unspecified atom stereocenters. The van der Waals surface area contributed by atoms with Crippen LogP contribution in [0.25, 0.3) is 0 Å². The van der Waals surface area contributed by atoms with Gasteiger partial charge in [-0.1, -0.05) is 44.2 Å². The molecule has 0 aromatic heterocycles. The van der Waals surface area contributed by atoms with Gasteiger partial charge in [0.05, 0.1) is 6.61 Å². The summed E-state index contributed by atoms with van der Waals surface area (Å²) in [6.07, 6.45) is 0. The summed E-state index contributed by atoms with van der Waals surface area (Å²) in [6, 6.07) is 9.37. The minimum absolute atomic E-state index is 0.301. The maximum absolute atomic E-state index is 11.2. The van der Waals surface area contributed by atoms with E-state index in [1.165, 1.54) is 0 Å². The number of carbonyl (C=O) groups excluding carboxylic acids is 1. The van der Waals surface area contributed by atoms with Crippen LogP contribution in [0, 0.1) is 5.92 Å². The highest BCUT2D eigenvalue weighted by atomic mass is 16.7. The smallest absolute Gasteiger partial charge is 0.336 e. The summed E-state index contributed by atoms with van der Waals surface area (Å²) in [6.45, 7) is 5.08. The van der Waals surface area contributed by atoms with Crippen LogP contribution in [0.4, 0.5) is 4.79 Å². The van der Waals surface area contributed by atoms with Crippen molar-refractivity contribution in [2.24, 2.45) is 5.92 Å². The number of carbonyl (C=O) groups is 1. The molecule has 1 aromatic carbocycles. The van der Waals surface area contributed by atoms with E-state index in [0.29, 0.717) is 19.1 Å². The maximum atomic E-state index is 11.2. The lowest BCUT2D eigenvalue weighted by Gasteiger charge is -2.09. The molecule has 0 saturated heterocycles. The number of rotatable bonds is 5. The quantitative estimate of drug-likeness (QED) is 0.749. The van der Waals surface area contributed by atoms with Gasteiger partial charge in [-0.15, -0.1) is 0 Å². The molecule has 1 rings (SSSR count). The van der Waals surface area contributed by atoms with Gasteiger partial charge in [-0.2, -0.15) is 0 Å². The van der Waals surface area contributed by atoms with Crippen LogP contribution in [0.3, 0.4) is 0 Å². The lowest BCUT2D eigenvalue weighted by molar-refractivity contribution is 0.0489. The van der Waals surface area contributed by atoms with E-state index in [0.717, 1.165) is 5.56 Å². The van der Waals surface area contributed by atoms with Gasteiger partial charge in [-0.25, -0.2) is 10.3 Å². The molecule has 0 radical (unpaired) electrons. The summed E-state index contributed by atoms with van der Waals surface area (Å²) >= 11 is 0. The minimum Gasteiger partial charge on any atom is -0.336 e. The van der Waals surface area contributed by atoms with Crippen molar-refractivity contribution in [3.63, 3.8) is 0 Å². The molecule has 0 aliphatic rings. The highest BCUT2D eigenvalue weighted by Crippen LogP contribution is 1.98. The van der Waals surface area contributed by atoms with E-state index < -0.39 is 0 Å². The summed E-state index contributed by atoms with van der Waals surface area (Å²) < 4.78 is 0. The van der Waals surface area contributed by atoms with Crippen LogP contribution in [-0.4, -0.2) is 12.6 Å². The van der Waals surface area contributed by atoms with Gasteiger partial charge in [0.2, 0.25) is 0 Å². The Morgan fingerprint density at radius 2 is 2.00 bits per heavy atom. The van der Waals surface area contributed by atoms with Crippen molar-refractivity contribution >= 4 is 6.03 Å². The summed E-state index contributed by atoms with van der Waals surface area (Å²) in [5.41, 5.74) is 3.36. The highest BCUT2D eigenvalue weighted by molar-refractivity contribution is 5.72. The largest absolute Gasteiger partial charge is 0.338 e. The first kappa shape index (κ1) is 12.5. The molecule has 0 bridgehead atoms. The molecule has 0 fully saturated rings. The molecule has 1 aromatic rings.